The molecule has 0 aliphatic carbocycles. The van der Waals surface area contributed by atoms with Gasteiger partial charge in [-0.1, -0.05) is 12.1 Å². The SMILES string of the molecule is O=C(N/N=C/c1ccc(F)cc1)C(F)(F)C(F)(F)C(F)(F)F. The summed E-state index contributed by atoms with van der Waals surface area (Å²) in [4.78, 5) is 10.8. The summed E-state index contributed by atoms with van der Waals surface area (Å²) in [6.45, 7) is 0. The van der Waals surface area contributed by atoms with Crippen LogP contribution in [0, 0.1) is 5.82 Å². The molecule has 1 aromatic carbocycles. The van der Waals surface area contributed by atoms with Crippen molar-refractivity contribution in [2.45, 2.75) is 18.0 Å². The summed E-state index contributed by atoms with van der Waals surface area (Å²) in [7, 11) is 0. The maximum atomic E-state index is 12.9. The number of alkyl halides is 7. The normalized spacial score (nSPS) is 13.5. The van der Waals surface area contributed by atoms with Gasteiger partial charge in [-0.3, -0.25) is 4.79 Å². The predicted molar refractivity (Wildman–Crippen MR) is 58.1 cm³/mol. The monoisotopic (exact) mass is 334 g/mol. The summed E-state index contributed by atoms with van der Waals surface area (Å²) in [6, 6.07) is 4.06. The van der Waals surface area contributed by atoms with E-state index >= 15 is 0 Å². The van der Waals surface area contributed by atoms with Gasteiger partial charge in [0.25, 0.3) is 0 Å². The van der Waals surface area contributed by atoms with Crippen LogP contribution in [0.2, 0.25) is 0 Å². The van der Waals surface area contributed by atoms with Crippen molar-refractivity contribution < 1.29 is 39.9 Å². The van der Waals surface area contributed by atoms with Crippen LogP contribution < -0.4 is 5.43 Å². The number of benzene rings is 1. The second-order valence-electron chi connectivity index (χ2n) is 3.90. The van der Waals surface area contributed by atoms with E-state index in [1.54, 1.807) is 0 Å². The second kappa shape index (κ2) is 5.89. The molecular weight excluding hydrogens is 328 g/mol. The predicted octanol–water partition coefficient (Wildman–Crippen LogP) is 3.11. The van der Waals surface area contributed by atoms with Gasteiger partial charge in [0.1, 0.15) is 5.82 Å². The highest BCUT2D eigenvalue weighted by Gasteiger charge is 2.76. The minimum absolute atomic E-state index is 0.0765. The van der Waals surface area contributed by atoms with E-state index in [4.69, 9.17) is 0 Å². The molecule has 0 saturated carbocycles. The highest BCUT2D eigenvalue weighted by molar-refractivity contribution is 5.86. The molecule has 3 nitrogen and oxygen atoms in total. The number of hydrazone groups is 1. The van der Waals surface area contributed by atoms with Crippen molar-refractivity contribution in [3.8, 4) is 0 Å². The molecule has 0 heterocycles. The third-order valence-electron chi connectivity index (χ3n) is 2.29. The summed E-state index contributed by atoms with van der Waals surface area (Å²) in [5, 5.41) is 2.81. The van der Waals surface area contributed by atoms with E-state index in [2.05, 4.69) is 5.10 Å². The van der Waals surface area contributed by atoms with Crippen molar-refractivity contribution in [3.05, 3.63) is 35.6 Å². The lowest BCUT2D eigenvalue weighted by molar-refractivity contribution is -0.344. The largest absolute Gasteiger partial charge is 0.460 e. The molecule has 0 aromatic heterocycles. The lowest BCUT2D eigenvalue weighted by atomic mass is 10.1. The Balaban J connectivity index is 2.81. The van der Waals surface area contributed by atoms with Crippen molar-refractivity contribution in [2.24, 2.45) is 5.10 Å². The van der Waals surface area contributed by atoms with Crippen LogP contribution in [0.4, 0.5) is 35.1 Å². The fourth-order valence-electron chi connectivity index (χ4n) is 1.11. The molecular formula is C11H6F8N2O. The first kappa shape index (κ1) is 17.9. The fraction of sp³-hybridized carbons (Fsp3) is 0.273. The average Bonchev–Trinajstić information content (AvgIpc) is 2.39. The van der Waals surface area contributed by atoms with Crippen molar-refractivity contribution in [1.29, 1.82) is 0 Å². The molecule has 1 aromatic rings. The van der Waals surface area contributed by atoms with E-state index in [-0.39, 0.29) is 5.56 Å². The van der Waals surface area contributed by atoms with Crippen LogP contribution in [0.15, 0.2) is 29.4 Å². The van der Waals surface area contributed by atoms with Gasteiger partial charge in [0.15, 0.2) is 0 Å². The van der Waals surface area contributed by atoms with Gasteiger partial charge in [-0.15, -0.1) is 0 Å². The maximum Gasteiger partial charge on any atom is 0.460 e. The molecule has 0 fully saturated rings. The molecule has 0 spiro atoms. The Morgan fingerprint density at radius 1 is 1.00 bits per heavy atom. The lowest BCUT2D eigenvalue weighted by Gasteiger charge is -2.26. The van der Waals surface area contributed by atoms with Gasteiger partial charge in [-0.05, 0) is 17.7 Å². The minimum atomic E-state index is -6.62. The van der Waals surface area contributed by atoms with Gasteiger partial charge in [0.2, 0.25) is 0 Å². The average molecular weight is 334 g/mol. The maximum absolute atomic E-state index is 12.9. The molecule has 22 heavy (non-hydrogen) atoms. The van der Waals surface area contributed by atoms with Gasteiger partial charge in [0, 0.05) is 0 Å². The summed E-state index contributed by atoms with van der Waals surface area (Å²) in [5.74, 6) is -16.2. The second-order valence-corrected chi connectivity index (χ2v) is 3.90. The Labute approximate surface area is 117 Å². The number of rotatable bonds is 4. The molecule has 0 saturated heterocycles. The third-order valence-corrected chi connectivity index (χ3v) is 2.29. The van der Waals surface area contributed by atoms with E-state index in [0.717, 1.165) is 29.7 Å². The van der Waals surface area contributed by atoms with Crippen molar-refractivity contribution in [1.82, 2.24) is 5.43 Å². The lowest BCUT2D eigenvalue weighted by Crippen LogP contribution is -2.58. The minimum Gasteiger partial charge on any atom is -0.266 e. The van der Waals surface area contributed by atoms with Gasteiger partial charge >= 0.3 is 23.9 Å². The molecule has 0 aliphatic heterocycles. The van der Waals surface area contributed by atoms with Crippen LogP contribution in [0.5, 0.6) is 0 Å². The summed E-state index contributed by atoms with van der Waals surface area (Å²) in [5.41, 5.74) is 0.947. The quantitative estimate of drug-likeness (QED) is 0.513. The van der Waals surface area contributed by atoms with Crippen LogP contribution in [-0.2, 0) is 4.79 Å². The summed E-state index contributed by atoms with van der Waals surface area (Å²) < 4.78 is 98.8. The fourth-order valence-corrected chi connectivity index (χ4v) is 1.11. The molecule has 1 rings (SSSR count). The first-order valence-electron chi connectivity index (χ1n) is 5.31. The van der Waals surface area contributed by atoms with Gasteiger partial charge < -0.3 is 0 Å². The molecule has 0 aliphatic rings. The zero-order valence-corrected chi connectivity index (χ0v) is 10.3. The molecule has 1 amide bonds. The topological polar surface area (TPSA) is 41.5 Å². The van der Waals surface area contributed by atoms with E-state index in [1.807, 2.05) is 0 Å². The smallest absolute Gasteiger partial charge is 0.266 e. The number of amides is 1. The first-order chi connectivity index (χ1) is 9.89. The van der Waals surface area contributed by atoms with Crippen LogP contribution in [0.3, 0.4) is 0 Å². The number of nitrogens with one attached hydrogen (secondary N) is 1. The van der Waals surface area contributed by atoms with Gasteiger partial charge in [-0.25, -0.2) is 9.82 Å². The molecule has 0 bridgehead atoms. The van der Waals surface area contributed by atoms with Gasteiger partial charge in [-0.2, -0.15) is 35.8 Å². The van der Waals surface area contributed by atoms with Crippen molar-refractivity contribution >= 4 is 12.1 Å². The Bertz CT molecular complexity index is 564. The Kier molecular flexibility index (Phi) is 4.78. The van der Waals surface area contributed by atoms with E-state index in [1.165, 1.54) is 0 Å². The Morgan fingerprint density at radius 3 is 1.95 bits per heavy atom. The zero-order chi connectivity index (χ0) is 17.2. The van der Waals surface area contributed by atoms with E-state index in [9.17, 15) is 39.9 Å². The number of hydrogen-bond acceptors (Lipinski definition) is 2. The molecule has 0 unspecified atom stereocenters. The standard InChI is InChI=1S/C11H6F8N2O/c12-7-3-1-6(2-4-7)5-20-21-8(22)9(13,14)10(15,16)11(17,18)19/h1-5H,(H,21,22)/b20-5+. The number of carbonyl (C=O) groups is 1. The highest BCUT2D eigenvalue weighted by Crippen LogP contribution is 2.46. The Morgan fingerprint density at radius 2 is 1.50 bits per heavy atom. The van der Waals surface area contributed by atoms with Crippen molar-refractivity contribution in [3.63, 3.8) is 0 Å². The molecule has 122 valence electrons. The zero-order valence-electron chi connectivity index (χ0n) is 10.3. The Hall–Kier alpha value is -2.20. The summed E-state index contributed by atoms with van der Waals surface area (Å²) >= 11 is 0. The third kappa shape index (κ3) is 3.52. The van der Waals surface area contributed by atoms with Crippen LogP contribution in [0.1, 0.15) is 5.56 Å². The molecule has 1 N–H and O–H groups in total. The highest BCUT2D eigenvalue weighted by atomic mass is 19.4. The number of nitrogens with zero attached hydrogens (tertiary/aromatic N) is 1. The number of halogens is 8. The van der Waals surface area contributed by atoms with Crippen molar-refractivity contribution in [2.75, 3.05) is 0 Å². The molecule has 0 radical (unpaired) electrons. The van der Waals surface area contributed by atoms with Crippen LogP contribution in [0.25, 0.3) is 0 Å². The first-order valence-corrected chi connectivity index (χ1v) is 5.31. The van der Waals surface area contributed by atoms with E-state index in [0.29, 0.717) is 6.21 Å². The van der Waals surface area contributed by atoms with Crippen LogP contribution in [-0.4, -0.2) is 30.1 Å². The number of carbonyl (C=O) groups excluding carboxylic acids is 1. The van der Waals surface area contributed by atoms with Gasteiger partial charge in [0.05, 0.1) is 6.21 Å². The summed E-state index contributed by atoms with van der Waals surface area (Å²) in [6.07, 6.45) is -5.96. The van der Waals surface area contributed by atoms with Crippen LogP contribution >= 0.6 is 0 Å². The van der Waals surface area contributed by atoms with E-state index < -0.39 is 29.7 Å². The number of hydrogen-bond donors (Lipinski definition) is 1. The molecule has 11 heteroatoms. The molecule has 0 atom stereocenters.